The number of rotatable bonds is 3. The van der Waals surface area contributed by atoms with Gasteiger partial charge in [0.05, 0.1) is 0 Å². The zero-order valence-electron chi connectivity index (χ0n) is 13.7. The van der Waals surface area contributed by atoms with Crippen LogP contribution < -0.4 is 0 Å². The molecule has 118 valence electrons. The van der Waals surface area contributed by atoms with Gasteiger partial charge in [0.15, 0.2) is 0 Å². The molecule has 0 N–H and O–H groups in total. The number of likely N-dealkylation sites (tertiary alicyclic amines) is 1. The smallest absolute Gasteiger partial charge is 0.143 e. The summed E-state index contributed by atoms with van der Waals surface area (Å²) in [6.45, 7) is 10.2. The Morgan fingerprint density at radius 1 is 1.23 bits per heavy atom. The van der Waals surface area contributed by atoms with Crippen LogP contribution in [0.25, 0.3) is 11.0 Å². The number of piperidine rings is 1. The fourth-order valence-electron chi connectivity index (χ4n) is 3.03. The molecule has 0 amide bonds. The maximum absolute atomic E-state index is 11.4. The van der Waals surface area contributed by atoms with E-state index in [2.05, 4.69) is 46.3 Å². The predicted molar refractivity (Wildman–Crippen MR) is 86.5 cm³/mol. The van der Waals surface area contributed by atoms with Gasteiger partial charge in [0.2, 0.25) is 0 Å². The second-order valence-electron chi connectivity index (χ2n) is 7.40. The van der Waals surface area contributed by atoms with E-state index in [-0.39, 0.29) is 5.41 Å². The van der Waals surface area contributed by atoms with Crippen LogP contribution in [0.15, 0.2) is 18.6 Å². The van der Waals surface area contributed by atoms with Crippen LogP contribution in [0.2, 0.25) is 0 Å². The Bertz CT molecular complexity index is 674. The summed E-state index contributed by atoms with van der Waals surface area (Å²) >= 11 is 0. The average molecular weight is 300 g/mol. The quantitative estimate of drug-likeness (QED) is 0.874. The Hall–Kier alpha value is -1.75. The lowest BCUT2D eigenvalue weighted by atomic mass is 9.97. The van der Waals surface area contributed by atoms with Gasteiger partial charge >= 0.3 is 0 Å². The lowest BCUT2D eigenvalue weighted by Crippen LogP contribution is -2.34. The van der Waals surface area contributed by atoms with Crippen LogP contribution in [0.1, 0.15) is 39.3 Å². The molecule has 1 aliphatic heterocycles. The minimum atomic E-state index is 0.184. The summed E-state index contributed by atoms with van der Waals surface area (Å²) < 4.78 is 2.31. The second-order valence-corrected chi connectivity index (χ2v) is 7.40. The maximum Gasteiger partial charge on any atom is 0.143 e. The number of ketones is 1. The number of fused-ring (bicyclic) bond motifs is 1. The summed E-state index contributed by atoms with van der Waals surface area (Å²) in [5.41, 5.74) is 2.46. The van der Waals surface area contributed by atoms with E-state index in [1.165, 1.54) is 5.69 Å². The van der Waals surface area contributed by atoms with E-state index in [0.29, 0.717) is 18.6 Å². The third-order valence-electron chi connectivity index (χ3n) is 4.07. The Morgan fingerprint density at radius 3 is 2.64 bits per heavy atom. The molecule has 0 bridgehead atoms. The summed E-state index contributed by atoms with van der Waals surface area (Å²) in [6, 6.07) is 2.19. The minimum absolute atomic E-state index is 0.184. The van der Waals surface area contributed by atoms with Crippen LogP contribution in [0.4, 0.5) is 0 Å². The Balaban J connectivity index is 1.90. The van der Waals surface area contributed by atoms with Crippen LogP contribution in [-0.2, 0) is 17.9 Å². The average Bonchev–Trinajstić information content (AvgIpc) is 2.78. The SMILES string of the molecule is CC(C)(C)Cn1c(CN2CCC(=O)CC2)cc2cncnc21. The van der Waals surface area contributed by atoms with Gasteiger partial charge in [-0.05, 0) is 11.5 Å². The third kappa shape index (κ3) is 3.35. The molecule has 0 saturated carbocycles. The van der Waals surface area contributed by atoms with Gasteiger partial charge in [0.1, 0.15) is 17.8 Å². The molecule has 1 aliphatic rings. The molecular weight excluding hydrogens is 276 g/mol. The number of nitrogens with zero attached hydrogens (tertiary/aromatic N) is 4. The molecule has 5 heteroatoms. The molecule has 1 fully saturated rings. The van der Waals surface area contributed by atoms with Crippen molar-refractivity contribution in [2.75, 3.05) is 13.1 Å². The molecule has 3 heterocycles. The van der Waals surface area contributed by atoms with Crippen LogP contribution in [-0.4, -0.2) is 38.3 Å². The number of hydrogen-bond acceptors (Lipinski definition) is 4. The number of carbonyl (C=O) groups is 1. The van der Waals surface area contributed by atoms with Crippen molar-refractivity contribution in [2.24, 2.45) is 5.41 Å². The molecule has 1 saturated heterocycles. The topological polar surface area (TPSA) is 51.0 Å². The summed E-state index contributed by atoms with van der Waals surface area (Å²) in [6.07, 6.45) is 4.86. The van der Waals surface area contributed by atoms with Gasteiger partial charge in [-0.2, -0.15) is 0 Å². The molecule has 0 atom stereocenters. The van der Waals surface area contributed by atoms with Gasteiger partial charge in [-0.3, -0.25) is 9.69 Å². The summed E-state index contributed by atoms with van der Waals surface area (Å²) in [5, 5.41) is 1.09. The van der Waals surface area contributed by atoms with E-state index >= 15 is 0 Å². The van der Waals surface area contributed by atoms with Crippen molar-refractivity contribution in [3.63, 3.8) is 0 Å². The first-order valence-corrected chi connectivity index (χ1v) is 7.94. The molecule has 22 heavy (non-hydrogen) atoms. The molecule has 2 aromatic heterocycles. The Kier molecular flexibility index (Phi) is 4.00. The van der Waals surface area contributed by atoms with E-state index in [1.807, 2.05) is 6.20 Å². The molecule has 0 unspecified atom stereocenters. The largest absolute Gasteiger partial charge is 0.328 e. The van der Waals surface area contributed by atoms with Crippen molar-refractivity contribution < 1.29 is 4.79 Å². The Labute approximate surface area is 131 Å². The molecule has 0 spiro atoms. The lowest BCUT2D eigenvalue weighted by Gasteiger charge is -2.27. The molecule has 0 aromatic carbocycles. The highest BCUT2D eigenvalue weighted by Gasteiger charge is 2.21. The molecule has 5 nitrogen and oxygen atoms in total. The molecule has 2 aromatic rings. The van der Waals surface area contributed by atoms with Crippen LogP contribution >= 0.6 is 0 Å². The molecular formula is C17H24N4O. The summed E-state index contributed by atoms with van der Waals surface area (Å²) in [4.78, 5) is 22.4. The number of aromatic nitrogens is 3. The fourth-order valence-corrected chi connectivity index (χ4v) is 3.03. The van der Waals surface area contributed by atoms with E-state index in [4.69, 9.17) is 0 Å². The van der Waals surface area contributed by atoms with Crippen molar-refractivity contribution in [3.05, 3.63) is 24.3 Å². The van der Waals surface area contributed by atoms with E-state index in [1.54, 1.807) is 6.33 Å². The Morgan fingerprint density at radius 2 is 1.95 bits per heavy atom. The first-order chi connectivity index (χ1) is 10.4. The van der Waals surface area contributed by atoms with Gasteiger partial charge in [0, 0.05) is 56.3 Å². The van der Waals surface area contributed by atoms with E-state index < -0.39 is 0 Å². The number of carbonyl (C=O) groups excluding carboxylic acids is 1. The van der Waals surface area contributed by atoms with Gasteiger partial charge in [-0.25, -0.2) is 9.97 Å². The molecule has 3 rings (SSSR count). The van der Waals surface area contributed by atoms with Crippen LogP contribution in [0, 0.1) is 5.41 Å². The van der Waals surface area contributed by atoms with Crippen molar-refractivity contribution in [1.29, 1.82) is 0 Å². The highest BCUT2D eigenvalue weighted by Crippen LogP contribution is 2.25. The highest BCUT2D eigenvalue weighted by atomic mass is 16.1. The minimum Gasteiger partial charge on any atom is -0.328 e. The zero-order chi connectivity index (χ0) is 15.7. The molecule has 0 radical (unpaired) electrons. The van der Waals surface area contributed by atoms with Crippen molar-refractivity contribution in [1.82, 2.24) is 19.4 Å². The number of hydrogen-bond donors (Lipinski definition) is 0. The summed E-state index contributed by atoms with van der Waals surface area (Å²) in [5.74, 6) is 0.386. The highest BCUT2D eigenvalue weighted by molar-refractivity contribution is 5.79. The van der Waals surface area contributed by atoms with Crippen LogP contribution in [0.5, 0.6) is 0 Å². The van der Waals surface area contributed by atoms with Crippen molar-refractivity contribution in [3.8, 4) is 0 Å². The molecule has 0 aliphatic carbocycles. The monoisotopic (exact) mass is 300 g/mol. The van der Waals surface area contributed by atoms with Gasteiger partial charge in [-0.15, -0.1) is 0 Å². The van der Waals surface area contributed by atoms with Crippen molar-refractivity contribution >= 4 is 16.8 Å². The first kappa shape index (κ1) is 15.2. The van der Waals surface area contributed by atoms with Gasteiger partial charge in [-0.1, -0.05) is 20.8 Å². The van der Waals surface area contributed by atoms with Gasteiger partial charge in [0.25, 0.3) is 0 Å². The van der Waals surface area contributed by atoms with Gasteiger partial charge < -0.3 is 4.57 Å². The van der Waals surface area contributed by atoms with Crippen LogP contribution in [0.3, 0.4) is 0 Å². The fraction of sp³-hybridized carbons (Fsp3) is 0.588. The van der Waals surface area contributed by atoms with E-state index in [9.17, 15) is 4.79 Å². The number of Topliss-reactive ketones (excluding diaryl/α,β-unsaturated/α-hetero) is 1. The standard InChI is InChI=1S/C17H24N4O/c1-17(2,3)11-21-14(8-13-9-18-12-19-16(13)21)10-20-6-4-15(22)5-7-20/h8-9,12H,4-7,10-11H2,1-3H3. The lowest BCUT2D eigenvalue weighted by molar-refractivity contribution is -0.121. The first-order valence-electron chi connectivity index (χ1n) is 7.94. The normalized spacial score (nSPS) is 17.3. The zero-order valence-corrected chi connectivity index (χ0v) is 13.7. The summed E-state index contributed by atoms with van der Waals surface area (Å²) in [7, 11) is 0. The van der Waals surface area contributed by atoms with Crippen molar-refractivity contribution in [2.45, 2.75) is 46.7 Å². The maximum atomic E-state index is 11.4. The predicted octanol–water partition coefficient (Wildman–Crippen LogP) is 2.64. The third-order valence-corrected chi connectivity index (χ3v) is 4.07. The van der Waals surface area contributed by atoms with E-state index in [0.717, 1.165) is 37.2 Å². The second kappa shape index (κ2) is 5.80.